The van der Waals surface area contributed by atoms with Crippen LogP contribution in [0, 0.1) is 0 Å². The topological polar surface area (TPSA) is 54.5 Å². The average Bonchev–Trinajstić information content (AvgIpc) is 2.63. The number of hydrogen-bond donors (Lipinski definition) is 1. The molecule has 5 heteroatoms. The predicted molar refractivity (Wildman–Crippen MR) is 94.0 cm³/mol. The molecule has 2 unspecified atom stereocenters. The summed E-state index contributed by atoms with van der Waals surface area (Å²) in [7, 11) is 3.47. The van der Waals surface area contributed by atoms with Gasteiger partial charge in [-0.15, -0.1) is 0 Å². The molecule has 24 heavy (non-hydrogen) atoms. The lowest BCUT2D eigenvalue weighted by molar-refractivity contribution is 0.00974. The van der Waals surface area contributed by atoms with Gasteiger partial charge in [0.1, 0.15) is 5.82 Å². The number of amides is 1. The van der Waals surface area contributed by atoms with E-state index in [1.807, 2.05) is 30.3 Å². The van der Waals surface area contributed by atoms with Crippen molar-refractivity contribution in [2.75, 3.05) is 26.0 Å². The fraction of sp³-hybridized carbons (Fsp3) is 0.368. The summed E-state index contributed by atoms with van der Waals surface area (Å²) in [6, 6.07) is 14.3. The lowest BCUT2D eigenvalue weighted by Gasteiger charge is -2.30. The van der Waals surface area contributed by atoms with Crippen LogP contribution in [-0.4, -0.2) is 42.5 Å². The fourth-order valence-corrected chi connectivity index (χ4v) is 2.90. The molecule has 1 aliphatic rings. The van der Waals surface area contributed by atoms with Gasteiger partial charge >= 0.3 is 0 Å². The molecule has 2 heterocycles. The van der Waals surface area contributed by atoms with Gasteiger partial charge < -0.3 is 15.0 Å². The molecular weight excluding hydrogens is 302 g/mol. The average molecular weight is 325 g/mol. The van der Waals surface area contributed by atoms with Gasteiger partial charge in [0.15, 0.2) is 0 Å². The Kier molecular flexibility index (Phi) is 5.11. The van der Waals surface area contributed by atoms with Crippen LogP contribution in [0.25, 0.3) is 0 Å². The van der Waals surface area contributed by atoms with E-state index in [0.29, 0.717) is 11.6 Å². The second-order valence-corrected chi connectivity index (χ2v) is 6.27. The highest BCUT2D eigenvalue weighted by Gasteiger charge is 2.24. The normalized spacial score (nSPS) is 20.4. The molecule has 5 nitrogen and oxygen atoms in total. The van der Waals surface area contributed by atoms with Crippen LogP contribution >= 0.6 is 0 Å². The van der Waals surface area contributed by atoms with E-state index in [1.165, 1.54) is 5.56 Å². The molecule has 0 radical (unpaired) electrons. The van der Waals surface area contributed by atoms with E-state index in [4.69, 9.17) is 4.74 Å². The molecule has 3 rings (SSSR count). The zero-order valence-electron chi connectivity index (χ0n) is 14.1. The summed E-state index contributed by atoms with van der Waals surface area (Å²) >= 11 is 0. The van der Waals surface area contributed by atoms with Crippen molar-refractivity contribution >= 4 is 11.7 Å². The van der Waals surface area contributed by atoms with Crippen molar-refractivity contribution in [1.82, 2.24) is 9.88 Å². The Morgan fingerprint density at radius 3 is 2.67 bits per heavy atom. The summed E-state index contributed by atoms with van der Waals surface area (Å²) in [5.41, 5.74) is 1.81. The summed E-state index contributed by atoms with van der Waals surface area (Å²) in [6.45, 7) is 0.731. The molecule has 1 aliphatic heterocycles. The minimum absolute atomic E-state index is 0.0377. The fourth-order valence-electron chi connectivity index (χ4n) is 2.90. The molecule has 1 fully saturated rings. The maximum absolute atomic E-state index is 11.9. The van der Waals surface area contributed by atoms with E-state index in [0.717, 1.165) is 25.3 Å². The van der Waals surface area contributed by atoms with Gasteiger partial charge in [-0.05, 0) is 30.5 Å². The van der Waals surface area contributed by atoms with Crippen LogP contribution in [0.15, 0.2) is 48.7 Å². The molecular formula is C19H23N3O2. The number of nitrogens with one attached hydrogen (secondary N) is 1. The van der Waals surface area contributed by atoms with Gasteiger partial charge in [0, 0.05) is 32.9 Å². The van der Waals surface area contributed by atoms with Gasteiger partial charge in [-0.1, -0.05) is 30.3 Å². The summed E-state index contributed by atoms with van der Waals surface area (Å²) in [5, 5.41) is 3.46. The molecule has 1 aromatic heterocycles. The van der Waals surface area contributed by atoms with E-state index in [9.17, 15) is 4.79 Å². The first-order valence-electron chi connectivity index (χ1n) is 8.24. The molecule has 0 aliphatic carbocycles. The van der Waals surface area contributed by atoms with Gasteiger partial charge in [-0.25, -0.2) is 4.98 Å². The van der Waals surface area contributed by atoms with Crippen LogP contribution < -0.4 is 5.32 Å². The highest BCUT2D eigenvalue weighted by molar-refractivity contribution is 5.93. The highest BCUT2D eigenvalue weighted by atomic mass is 16.5. The van der Waals surface area contributed by atoms with Crippen molar-refractivity contribution in [2.45, 2.75) is 25.0 Å². The van der Waals surface area contributed by atoms with E-state index in [2.05, 4.69) is 22.4 Å². The van der Waals surface area contributed by atoms with E-state index >= 15 is 0 Å². The molecule has 0 spiro atoms. The van der Waals surface area contributed by atoms with Gasteiger partial charge in [-0.3, -0.25) is 4.79 Å². The van der Waals surface area contributed by atoms with Crippen LogP contribution in [0.1, 0.15) is 34.9 Å². The number of nitrogens with zero attached hydrogens (tertiary/aromatic N) is 2. The molecule has 2 aromatic rings. The summed E-state index contributed by atoms with van der Waals surface area (Å²) < 4.78 is 5.90. The van der Waals surface area contributed by atoms with Crippen molar-refractivity contribution < 1.29 is 9.53 Å². The van der Waals surface area contributed by atoms with Crippen LogP contribution in [0.4, 0.5) is 5.82 Å². The first-order valence-corrected chi connectivity index (χ1v) is 8.24. The SMILES string of the molecule is CN(C)C(=O)c1ccc(NC2CCOC(c3ccccc3)C2)nc1. The van der Waals surface area contributed by atoms with Crippen molar-refractivity contribution in [1.29, 1.82) is 0 Å². The summed E-state index contributed by atoms with van der Waals surface area (Å²) in [5.74, 6) is 0.758. The lowest BCUT2D eigenvalue weighted by atomic mass is 9.97. The smallest absolute Gasteiger partial charge is 0.254 e. The molecule has 0 bridgehead atoms. The maximum Gasteiger partial charge on any atom is 0.254 e. The monoisotopic (exact) mass is 325 g/mol. The van der Waals surface area contributed by atoms with Gasteiger partial charge in [0.05, 0.1) is 11.7 Å². The van der Waals surface area contributed by atoms with Crippen LogP contribution in [-0.2, 0) is 4.74 Å². The van der Waals surface area contributed by atoms with Crippen molar-refractivity contribution in [3.63, 3.8) is 0 Å². The molecule has 1 N–H and O–H groups in total. The number of hydrogen-bond acceptors (Lipinski definition) is 4. The molecule has 2 atom stereocenters. The van der Waals surface area contributed by atoms with Crippen molar-refractivity contribution in [2.24, 2.45) is 0 Å². The maximum atomic E-state index is 11.9. The number of benzene rings is 1. The van der Waals surface area contributed by atoms with E-state index in [-0.39, 0.29) is 12.0 Å². The van der Waals surface area contributed by atoms with E-state index in [1.54, 1.807) is 25.2 Å². The van der Waals surface area contributed by atoms with Crippen molar-refractivity contribution in [3.8, 4) is 0 Å². The number of ether oxygens (including phenoxy) is 1. The molecule has 126 valence electrons. The van der Waals surface area contributed by atoms with Crippen LogP contribution in [0.2, 0.25) is 0 Å². The predicted octanol–water partition coefficient (Wildman–Crippen LogP) is 3.12. The molecule has 1 saturated heterocycles. The summed E-state index contributed by atoms with van der Waals surface area (Å²) in [6.07, 6.45) is 3.60. The Morgan fingerprint density at radius 1 is 1.21 bits per heavy atom. The zero-order chi connectivity index (χ0) is 16.9. The third-order valence-corrected chi connectivity index (χ3v) is 4.22. The lowest BCUT2D eigenvalue weighted by Crippen LogP contribution is -2.30. The van der Waals surface area contributed by atoms with Crippen LogP contribution in [0.3, 0.4) is 0 Å². The number of rotatable bonds is 4. The number of aromatic nitrogens is 1. The third kappa shape index (κ3) is 3.92. The second-order valence-electron chi connectivity index (χ2n) is 6.27. The number of carbonyl (C=O) groups excluding carboxylic acids is 1. The first kappa shape index (κ1) is 16.5. The number of carbonyl (C=O) groups is 1. The van der Waals surface area contributed by atoms with Crippen molar-refractivity contribution in [3.05, 3.63) is 59.8 Å². The number of anilines is 1. The molecule has 1 amide bonds. The Labute approximate surface area is 142 Å². The first-order chi connectivity index (χ1) is 11.6. The quantitative estimate of drug-likeness (QED) is 0.938. The van der Waals surface area contributed by atoms with Crippen LogP contribution in [0.5, 0.6) is 0 Å². The summed E-state index contributed by atoms with van der Waals surface area (Å²) in [4.78, 5) is 17.8. The Morgan fingerprint density at radius 2 is 2.00 bits per heavy atom. The Bertz CT molecular complexity index is 671. The zero-order valence-corrected chi connectivity index (χ0v) is 14.1. The van der Waals surface area contributed by atoms with Gasteiger partial charge in [0.2, 0.25) is 0 Å². The molecule has 1 aromatic carbocycles. The molecule has 0 saturated carbocycles. The Balaban J connectivity index is 1.62. The Hall–Kier alpha value is -2.40. The van der Waals surface area contributed by atoms with E-state index < -0.39 is 0 Å². The highest BCUT2D eigenvalue weighted by Crippen LogP contribution is 2.29. The van der Waals surface area contributed by atoms with Gasteiger partial charge in [0.25, 0.3) is 5.91 Å². The third-order valence-electron chi connectivity index (χ3n) is 4.22. The largest absolute Gasteiger partial charge is 0.373 e. The standard InChI is InChI=1S/C19H23N3O2/c1-22(2)19(23)15-8-9-18(20-13-15)21-16-10-11-24-17(12-16)14-6-4-3-5-7-14/h3-9,13,16-17H,10-12H2,1-2H3,(H,20,21). The minimum Gasteiger partial charge on any atom is -0.373 e. The second kappa shape index (κ2) is 7.45. The number of pyridine rings is 1. The minimum atomic E-state index is -0.0377. The van der Waals surface area contributed by atoms with Gasteiger partial charge in [-0.2, -0.15) is 0 Å².